The van der Waals surface area contributed by atoms with Crippen molar-refractivity contribution >= 4 is 17.5 Å². The fourth-order valence-electron chi connectivity index (χ4n) is 4.63. The SMILES string of the molecule is O=C(Nc1ccc(O)cc1C(=O)NCC1CCCCC1)c1ccc(OC2CCCC2)cc1. The molecule has 2 aromatic carbocycles. The van der Waals surface area contributed by atoms with Gasteiger partial charge in [-0.15, -0.1) is 0 Å². The Morgan fingerprint density at radius 2 is 1.56 bits per heavy atom. The molecule has 0 radical (unpaired) electrons. The molecular formula is C26H32N2O4. The zero-order valence-corrected chi connectivity index (χ0v) is 18.4. The van der Waals surface area contributed by atoms with Crippen molar-refractivity contribution in [2.24, 2.45) is 5.92 Å². The molecule has 3 N–H and O–H groups in total. The number of aromatic hydroxyl groups is 1. The van der Waals surface area contributed by atoms with Crippen LogP contribution in [0.2, 0.25) is 0 Å². The summed E-state index contributed by atoms with van der Waals surface area (Å²) in [6.45, 7) is 0.615. The maximum absolute atomic E-state index is 12.8. The predicted octanol–water partition coefficient (Wildman–Crippen LogP) is 5.28. The number of nitrogens with one attached hydrogen (secondary N) is 2. The molecule has 2 aromatic rings. The van der Waals surface area contributed by atoms with Crippen molar-refractivity contribution in [1.82, 2.24) is 5.32 Å². The topological polar surface area (TPSA) is 87.7 Å². The van der Waals surface area contributed by atoms with Gasteiger partial charge in [0, 0.05) is 12.1 Å². The molecule has 0 aromatic heterocycles. The van der Waals surface area contributed by atoms with Crippen LogP contribution in [0.5, 0.6) is 11.5 Å². The normalized spacial score (nSPS) is 17.1. The Morgan fingerprint density at radius 3 is 2.28 bits per heavy atom. The second kappa shape index (κ2) is 10.5. The number of phenols is 1. The van der Waals surface area contributed by atoms with E-state index < -0.39 is 0 Å². The molecule has 6 nitrogen and oxygen atoms in total. The first-order chi connectivity index (χ1) is 15.6. The van der Waals surface area contributed by atoms with Crippen molar-refractivity contribution in [3.63, 3.8) is 0 Å². The van der Waals surface area contributed by atoms with Crippen molar-refractivity contribution in [2.75, 3.05) is 11.9 Å². The molecule has 2 aliphatic carbocycles. The summed E-state index contributed by atoms with van der Waals surface area (Å²) in [5.74, 6) is 0.639. The van der Waals surface area contributed by atoms with Gasteiger partial charge in [0.1, 0.15) is 11.5 Å². The highest BCUT2D eigenvalue weighted by molar-refractivity contribution is 6.09. The van der Waals surface area contributed by atoms with Crippen molar-refractivity contribution in [3.8, 4) is 11.5 Å². The molecule has 0 heterocycles. The van der Waals surface area contributed by atoms with Gasteiger partial charge in [0.15, 0.2) is 0 Å². The van der Waals surface area contributed by atoms with E-state index in [2.05, 4.69) is 10.6 Å². The van der Waals surface area contributed by atoms with Crippen LogP contribution in [0.15, 0.2) is 42.5 Å². The number of rotatable bonds is 7. The Balaban J connectivity index is 1.39. The second-order valence-electron chi connectivity index (χ2n) is 8.95. The molecule has 2 aliphatic rings. The number of carbonyl (C=O) groups excluding carboxylic acids is 2. The minimum Gasteiger partial charge on any atom is -0.508 e. The zero-order valence-electron chi connectivity index (χ0n) is 18.4. The van der Waals surface area contributed by atoms with Crippen LogP contribution >= 0.6 is 0 Å². The lowest BCUT2D eigenvalue weighted by Crippen LogP contribution is -2.31. The lowest BCUT2D eigenvalue weighted by atomic mass is 9.89. The van der Waals surface area contributed by atoms with E-state index in [1.165, 1.54) is 44.2 Å². The summed E-state index contributed by atoms with van der Waals surface area (Å²) < 4.78 is 5.96. The van der Waals surface area contributed by atoms with Crippen LogP contribution in [0.3, 0.4) is 0 Å². The van der Waals surface area contributed by atoms with Crippen LogP contribution in [0.1, 0.15) is 78.5 Å². The maximum atomic E-state index is 12.8. The standard InChI is InChI=1S/C26H32N2O4/c29-20-12-15-24(23(16-20)26(31)27-17-18-6-2-1-3-7-18)28-25(30)19-10-13-22(14-11-19)32-21-8-4-5-9-21/h10-16,18,21,29H,1-9,17H2,(H,27,31)(H,28,30). The minimum atomic E-state index is -0.315. The molecular weight excluding hydrogens is 404 g/mol. The molecule has 170 valence electrons. The fraction of sp³-hybridized carbons (Fsp3) is 0.462. The minimum absolute atomic E-state index is 0.0146. The van der Waals surface area contributed by atoms with Gasteiger partial charge in [0.25, 0.3) is 11.8 Å². The Kier molecular flexibility index (Phi) is 7.30. The van der Waals surface area contributed by atoms with Gasteiger partial charge in [-0.3, -0.25) is 9.59 Å². The second-order valence-corrected chi connectivity index (χ2v) is 8.95. The highest BCUT2D eigenvalue weighted by Gasteiger charge is 2.19. The monoisotopic (exact) mass is 436 g/mol. The third kappa shape index (κ3) is 5.81. The number of ether oxygens (including phenoxy) is 1. The smallest absolute Gasteiger partial charge is 0.255 e. The lowest BCUT2D eigenvalue weighted by Gasteiger charge is -2.22. The highest BCUT2D eigenvalue weighted by atomic mass is 16.5. The number of hydrogen-bond donors (Lipinski definition) is 3. The summed E-state index contributed by atoms with van der Waals surface area (Å²) in [6.07, 6.45) is 10.8. The van der Waals surface area contributed by atoms with Gasteiger partial charge >= 0.3 is 0 Å². The van der Waals surface area contributed by atoms with Crippen LogP contribution in [0.4, 0.5) is 5.69 Å². The molecule has 2 fully saturated rings. The molecule has 0 atom stereocenters. The lowest BCUT2D eigenvalue weighted by molar-refractivity contribution is 0.0944. The van der Waals surface area contributed by atoms with E-state index >= 15 is 0 Å². The van der Waals surface area contributed by atoms with Gasteiger partial charge in [-0.1, -0.05) is 19.3 Å². The summed E-state index contributed by atoms with van der Waals surface area (Å²) in [5.41, 5.74) is 1.11. The van der Waals surface area contributed by atoms with Gasteiger partial charge in [-0.25, -0.2) is 0 Å². The summed E-state index contributed by atoms with van der Waals surface area (Å²) in [5, 5.41) is 15.7. The van der Waals surface area contributed by atoms with Gasteiger partial charge in [0.05, 0.1) is 17.4 Å². The van der Waals surface area contributed by atoms with Gasteiger partial charge in [0.2, 0.25) is 0 Å². The zero-order chi connectivity index (χ0) is 22.3. The average molecular weight is 437 g/mol. The van der Waals surface area contributed by atoms with E-state index in [0.29, 0.717) is 23.7 Å². The van der Waals surface area contributed by atoms with Crippen LogP contribution in [0, 0.1) is 5.92 Å². The van der Waals surface area contributed by atoms with Crippen molar-refractivity contribution < 1.29 is 19.4 Å². The molecule has 2 amide bonds. The molecule has 0 aliphatic heterocycles. The van der Waals surface area contributed by atoms with Crippen LogP contribution in [-0.2, 0) is 0 Å². The Bertz CT molecular complexity index is 929. The van der Waals surface area contributed by atoms with E-state index in [0.717, 1.165) is 31.4 Å². The largest absolute Gasteiger partial charge is 0.508 e. The van der Waals surface area contributed by atoms with Crippen molar-refractivity contribution in [3.05, 3.63) is 53.6 Å². The number of phenolic OH excluding ortho intramolecular Hbond substituents is 1. The van der Waals surface area contributed by atoms with Crippen molar-refractivity contribution in [2.45, 2.75) is 63.9 Å². The summed E-state index contributed by atoms with van der Waals surface area (Å²) in [4.78, 5) is 25.6. The van der Waals surface area contributed by atoms with E-state index in [9.17, 15) is 14.7 Å². The molecule has 0 spiro atoms. The molecule has 2 saturated carbocycles. The van der Waals surface area contributed by atoms with Gasteiger partial charge < -0.3 is 20.5 Å². The van der Waals surface area contributed by atoms with Crippen LogP contribution in [-0.4, -0.2) is 29.6 Å². The Hall–Kier alpha value is -3.02. The van der Waals surface area contributed by atoms with Crippen LogP contribution in [0.25, 0.3) is 0 Å². The van der Waals surface area contributed by atoms with Gasteiger partial charge in [-0.05, 0) is 86.9 Å². The summed E-state index contributed by atoms with van der Waals surface area (Å²) in [6, 6.07) is 11.5. The van der Waals surface area contributed by atoms with E-state index in [1.807, 2.05) is 12.1 Å². The van der Waals surface area contributed by atoms with E-state index in [-0.39, 0.29) is 29.2 Å². The first-order valence-corrected chi connectivity index (χ1v) is 11.8. The fourth-order valence-corrected chi connectivity index (χ4v) is 4.63. The number of carbonyl (C=O) groups is 2. The molecule has 6 heteroatoms. The van der Waals surface area contributed by atoms with E-state index in [1.54, 1.807) is 18.2 Å². The molecule has 0 saturated heterocycles. The van der Waals surface area contributed by atoms with Crippen LogP contribution < -0.4 is 15.4 Å². The highest BCUT2D eigenvalue weighted by Crippen LogP contribution is 2.26. The van der Waals surface area contributed by atoms with Gasteiger partial charge in [-0.2, -0.15) is 0 Å². The third-order valence-corrected chi connectivity index (χ3v) is 6.49. The quantitative estimate of drug-likeness (QED) is 0.516. The molecule has 32 heavy (non-hydrogen) atoms. The molecule has 0 bridgehead atoms. The Morgan fingerprint density at radius 1 is 0.875 bits per heavy atom. The first-order valence-electron chi connectivity index (χ1n) is 11.8. The van der Waals surface area contributed by atoms with Crippen molar-refractivity contribution in [1.29, 1.82) is 0 Å². The van der Waals surface area contributed by atoms with E-state index in [4.69, 9.17) is 4.74 Å². The molecule has 4 rings (SSSR count). The number of anilines is 1. The molecule has 0 unspecified atom stereocenters. The third-order valence-electron chi connectivity index (χ3n) is 6.49. The number of hydrogen-bond acceptors (Lipinski definition) is 4. The average Bonchev–Trinajstić information content (AvgIpc) is 3.33. The maximum Gasteiger partial charge on any atom is 0.255 e. The Labute approximate surface area is 189 Å². The number of amides is 2. The predicted molar refractivity (Wildman–Crippen MR) is 124 cm³/mol. The summed E-state index contributed by atoms with van der Waals surface area (Å²) in [7, 11) is 0. The summed E-state index contributed by atoms with van der Waals surface area (Å²) >= 11 is 0. The first kappa shape index (κ1) is 22.2. The number of benzene rings is 2.